The second-order valence-electron chi connectivity index (χ2n) is 5.33. The number of H-pyrrole nitrogens is 2. The lowest BCUT2D eigenvalue weighted by Gasteiger charge is -2.23. The molecule has 6 nitrogen and oxygen atoms in total. The highest BCUT2D eigenvalue weighted by molar-refractivity contribution is 5.65. The molecule has 0 fully saturated rings. The summed E-state index contributed by atoms with van der Waals surface area (Å²) in [7, 11) is 1.67. The first-order valence-electron chi connectivity index (χ1n) is 7.30. The van der Waals surface area contributed by atoms with Gasteiger partial charge in [-0.2, -0.15) is 5.10 Å². The van der Waals surface area contributed by atoms with Gasteiger partial charge in [-0.05, 0) is 24.3 Å². The Labute approximate surface area is 127 Å². The number of hydrogen-bond acceptors (Lipinski definition) is 4. The normalized spacial score (nSPS) is 17.2. The summed E-state index contributed by atoms with van der Waals surface area (Å²) < 4.78 is 5.22. The third-order valence-corrected chi connectivity index (χ3v) is 4.11. The summed E-state index contributed by atoms with van der Waals surface area (Å²) in [5.74, 6) is 0.843. The van der Waals surface area contributed by atoms with Crippen molar-refractivity contribution in [3.05, 3.63) is 53.7 Å². The minimum absolute atomic E-state index is 0.0610. The standard InChI is InChI=1S/C16H17N5O/c1-22-11-4-2-10(3-5-11)14-12(8-20-21-14)15-16-13(6-7-17-15)18-9-19-16/h2-5,8-9,15,17H,6-7H2,1H3,(H,18,19)(H,20,21). The Bertz CT molecular complexity index is 774. The molecular weight excluding hydrogens is 278 g/mol. The molecule has 0 amide bonds. The number of methoxy groups -OCH3 is 1. The molecule has 3 aromatic rings. The molecule has 6 heteroatoms. The van der Waals surface area contributed by atoms with Crippen molar-refractivity contribution in [1.29, 1.82) is 0 Å². The van der Waals surface area contributed by atoms with Crippen LogP contribution in [0.4, 0.5) is 0 Å². The van der Waals surface area contributed by atoms with Crippen LogP contribution in [0.25, 0.3) is 11.3 Å². The number of aromatic amines is 2. The highest BCUT2D eigenvalue weighted by Gasteiger charge is 2.27. The molecule has 1 atom stereocenters. The topological polar surface area (TPSA) is 78.6 Å². The lowest BCUT2D eigenvalue weighted by molar-refractivity contribution is 0.415. The maximum atomic E-state index is 5.22. The summed E-state index contributed by atoms with van der Waals surface area (Å²) in [4.78, 5) is 7.70. The molecule has 1 unspecified atom stereocenters. The Morgan fingerprint density at radius 1 is 1.23 bits per heavy atom. The minimum atomic E-state index is 0.0610. The average Bonchev–Trinajstić information content (AvgIpc) is 3.23. The summed E-state index contributed by atoms with van der Waals surface area (Å²) >= 11 is 0. The summed E-state index contributed by atoms with van der Waals surface area (Å²) in [5, 5.41) is 10.9. The number of rotatable bonds is 3. The molecule has 3 heterocycles. The summed E-state index contributed by atoms with van der Waals surface area (Å²) in [6.07, 6.45) is 4.61. The van der Waals surface area contributed by atoms with Gasteiger partial charge >= 0.3 is 0 Å². The van der Waals surface area contributed by atoms with Crippen LogP contribution in [0, 0.1) is 0 Å². The van der Waals surface area contributed by atoms with Gasteiger partial charge in [-0.15, -0.1) is 0 Å². The van der Waals surface area contributed by atoms with Crippen molar-refractivity contribution in [2.75, 3.05) is 13.7 Å². The molecule has 0 radical (unpaired) electrons. The van der Waals surface area contributed by atoms with Crippen LogP contribution in [-0.4, -0.2) is 33.8 Å². The molecular formula is C16H17N5O. The first-order chi connectivity index (χ1) is 10.9. The zero-order valence-electron chi connectivity index (χ0n) is 12.3. The van der Waals surface area contributed by atoms with E-state index < -0.39 is 0 Å². The van der Waals surface area contributed by atoms with Gasteiger partial charge in [-0.25, -0.2) is 4.98 Å². The lowest BCUT2D eigenvalue weighted by atomic mass is 9.96. The number of aromatic nitrogens is 4. The van der Waals surface area contributed by atoms with Crippen LogP contribution in [0.5, 0.6) is 5.75 Å². The van der Waals surface area contributed by atoms with Gasteiger partial charge in [0.15, 0.2) is 0 Å². The number of benzene rings is 1. The molecule has 0 saturated heterocycles. The maximum Gasteiger partial charge on any atom is 0.118 e. The fourth-order valence-electron chi connectivity index (χ4n) is 2.98. The van der Waals surface area contributed by atoms with E-state index in [1.54, 1.807) is 13.4 Å². The molecule has 0 bridgehead atoms. The first kappa shape index (κ1) is 13.1. The van der Waals surface area contributed by atoms with Crippen LogP contribution < -0.4 is 10.1 Å². The third-order valence-electron chi connectivity index (χ3n) is 4.11. The van der Waals surface area contributed by atoms with E-state index in [-0.39, 0.29) is 6.04 Å². The van der Waals surface area contributed by atoms with E-state index in [1.165, 1.54) is 5.69 Å². The van der Waals surface area contributed by atoms with Gasteiger partial charge in [0.25, 0.3) is 0 Å². The van der Waals surface area contributed by atoms with Gasteiger partial charge in [0.2, 0.25) is 0 Å². The second kappa shape index (κ2) is 5.31. The van der Waals surface area contributed by atoms with E-state index in [0.29, 0.717) is 0 Å². The van der Waals surface area contributed by atoms with Crippen molar-refractivity contribution >= 4 is 0 Å². The highest BCUT2D eigenvalue weighted by Crippen LogP contribution is 2.32. The molecule has 4 rings (SSSR count). The molecule has 22 heavy (non-hydrogen) atoms. The van der Waals surface area contributed by atoms with Crippen LogP contribution >= 0.6 is 0 Å². The van der Waals surface area contributed by atoms with Gasteiger partial charge in [0.1, 0.15) is 5.75 Å². The first-order valence-corrected chi connectivity index (χ1v) is 7.30. The predicted molar refractivity (Wildman–Crippen MR) is 82.7 cm³/mol. The second-order valence-corrected chi connectivity index (χ2v) is 5.33. The van der Waals surface area contributed by atoms with Gasteiger partial charge in [0.05, 0.1) is 37.1 Å². The Morgan fingerprint density at radius 2 is 2.09 bits per heavy atom. The van der Waals surface area contributed by atoms with Gasteiger partial charge in [-0.3, -0.25) is 5.10 Å². The lowest BCUT2D eigenvalue weighted by Crippen LogP contribution is -2.30. The quantitative estimate of drug-likeness (QED) is 0.691. The van der Waals surface area contributed by atoms with E-state index >= 15 is 0 Å². The maximum absolute atomic E-state index is 5.22. The fourth-order valence-corrected chi connectivity index (χ4v) is 2.98. The molecule has 2 aromatic heterocycles. The molecule has 0 aliphatic carbocycles. The van der Waals surface area contributed by atoms with Crippen LogP contribution in [-0.2, 0) is 6.42 Å². The van der Waals surface area contributed by atoms with Crippen LogP contribution in [0.3, 0.4) is 0 Å². The van der Waals surface area contributed by atoms with E-state index in [2.05, 4.69) is 25.5 Å². The molecule has 0 saturated carbocycles. The minimum Gasteiger partial charge on any atom is -0.497 e. The predicted octanol–water partition coefficient (Wildman–Crippen LogP) is 2.04. The Morgan fingerprint density at radius 3 is 2.91 bits per heavy atom. The van der Waals surface area contributed by atoms with Crippen molar-refractivity contribution in [3.63, 3.8) is 0 Å². The van der Waals surface area contributed by atoms with Crippen molar-refractivity contribution in [3.8, 4) is 17.0 Å². The molecule has 3 N–H and O–H groups in total. The summed E-state index contributed by atoms with van der Waals surface area (Å²) in [5.41, 5.74) is 5.46. The number of fused-ring (bicyclic) bond motifs is 1. The summed E-state index contributed by atoms with van der Waals surface area (Å²) in [6.45, 7) is 0.924. The molecule has 1 aliphatic rings. The molecule has 1 aliphatic heterocycles. The third kappa shape index (κ3) is 2.08. The number of hydrogen-bond donors (Lipinski definition) is 3. The van der Waals surface area contributed by atoms with Gasteiger partial charge in [0, 0.05) is 29.8 Å². The Kier molecular flexibility index (Phi) is 3.16. The monoisotopic (exact) mass is 295 g/mol. The van der Waals surface area contributed by atoms with Crippen molar-refractivity contribution in [2.45, 2.75) is 12.5 Å². The largest absolute Gasteiger partial charge is 0.497 e. The fraction of sp³-hybridized carbons (Fsp3) is 0.250. The van der Waals surface area contributed by atoms with E-state index in [9.17, 15) is 0 Å². The zero-order chi connectivity index (χ0) is 14.9. The van der Waals surface area contributed by atoms with Crippen molar-refractivity contribution in [2.24, 2.45) is 0 Å². The SMILES string of the molecule is COc1ccc(-c2[nH]ncc2C2NCCc3[nH]cnc32)cc1. The smallest absolute Gasteiger partial charge is 0.118 e. The van der Waals surface area contributed by atoms with Gasteiger partial charge < -0.3 is 15.0 Å². The zero-order valence-corrected chi connectivity index (χ0v) is 12.3. The van der Waals surface area contributed by atoms with Gasteiger partial charge in [-0.1, -0.05) is 0 Å². The highest BCUT2D eigenvalue weighted by atomic mass is 16.5. The van der Waals surface area contributed by atoms with Crippen LogP contribution in [0.15, 0.2) is 36.8 Å². The molecule has 112 valence electrons. The van der Waals surface area contributed by atoms with Crippen molar-refractivity contribution in [1.82, 2.24) is 25.5 Å². The Balaban J connectivity index is 1.75. The molecule has 0 spiro atoms. The number of nitrogens with one attached hydrogen (secondary N) is 3. The number of ether oxygens (including phenoxy) is 1. The van der Waals surface area contributed by atoms with Crippen LogP contribution in [0.2, 0.25) is 0 Å². The van der Waals surface area contributed by atoms with Crippen LogP contribution in [0.1, 0.15) is 23.0 Å². The Hall–Kier alpha value is -2.60. The summed E-state index contributed by atoms with van der Waals surface area (Å²) in [6, 6.07) is 8.03. The van der Waals surface area contributed by atoms with E-state index in [1.807, 2.05) is 30.5 Å². The van der Waals surface area contributed by atoms with E-state index in [4.69, 9.17) is 4.74 Å². The van der Waals surface area contributed by atoms with E-state index in [0.717, 1.165) is 41.2 Å². The number of nitrogens with zero attached hydrogens (tertiary/aromatic N) is 2. The van der Waals surface area contributed by atoms with Crippen molar-refractivity contribution < 1.29 is 4.74 Å². The number of imidazole rings is 1. The average molecular weight is 295 g/mol. The molecule has 1 aromatic carbocycles.